The Morgan fingerprint density at radius 3 is 1.57 bits per heavy atom. The van der Waals surface area contributed by atoms with E-state index in [1.165, 1.54) is 106 Å². The van der Waals surface area contributed by atoms with Gasteiger partial charge in [0.25, 0.3) is 0 Å². The van der Waals surface area contributed by atoms with Crippen LogP contribution in [-0.2, 0) is 0 Å². The first kappa shape index (κ1) is 27.8. The van der Waals surface area contributed by atoms with Crippen molar-refractivity contribution in [2.75, 3.05) is 0 Å². The summed E-state index contributed by atoms with van der Waals surface area (Å²) in [6.07, 6.45) is 0. The number of benzene rings is 9. The Labute approximate surface area is 300 Å². The van der Waals surface area contributed by atoms with Gasteiger partial charge in [0.1, 0.15) is 11.2 Å². The summed E-state index contributed by atoms with van der Waals surface area (Å²) in [5, 5.41) is 15.2. The first-order valence-corrected chi connectivity index (χ1v) is 19.0. The Balaban J connectivity index is 1.10. The van der Waals surface area contributed by atoms with E-state index in [0.29, 0.717) is 0 Å². The molecule has 0 amide bonds. The lowest BCUT2D eigenvalue weighted by molar-refractivity contribution is 0.669. The quantitative estimate of drug-likeness (QED) is 0.165. The van der Waals surface area contributed by atoms with Crippen molar-refractivity contribution in [3.63, 3.8) is 0 Å². The summed E-state index contributed by atoms with van der Waals surface area (Å²) in [6.45, 7) is 0. The number of furan rings is 1. The van der Waals surface area contributed by atoms with Crippen LogP contribution in [0.3, 0.4) is 0 Å². The summed E-state index contributed by atoms with van der Waals surface area (Å²) < 4.78 is 11.5. The third kappa shape index (κ3) is 3.90. The second-order valence-electron chi connectivity index (χ2n) is 13.6. The molecule has 0 saturated carbocycles. The molecule has 3 heterocycles. The fourth-order valence-corrected chi connectivity index (χ4v) is 10.9. The van der Waals surface area contributed by atoms with Gasteiger partial charge in [0.05, 0.1) is 0 Å². The van der Waals surface area contributed by atoms with Gasteiger partial charge in [-0.15, -0.1) is 22.7 Å². The molecule has 3 aromatic heterocycles. The van der Waals surface area contributed by atoms with E-state index < -0.39 is 0 Å². The molecule has 12 rings (SSSR count). The van der Waals surface area contributed by atoms with Crippen LogP contribution >= 0.6 is 22.7 Å². The molecule has 0 radical (unpaired) electrons. The van der Waals surface area contributed by atoms with E-state index in [2.05, 4.69) is 152 Å². The molecule has 0 aliphatic carbocycles. The highest BCUT2D eigenvalue weighted by Crippen LogP contribution is 2.47. The van der Waals surface area contributed by atoms with Gasteiger partial charge in [-0.2, -0.15) is 0 Å². The van der Waals surface area contributed by atoms with E-state index in [4.69, 9.17) is 4.42 Å². The molecule has 0 aliphatic rings. The molecule has 0 unspecified atom stereocenters. The van der Waals surface area contributed by atoms with Crippen molar-refractivity contribution in [3.8, 4) is 22.3 Å². The van der Waals surface area contributed by atoms with Crippen LogP contribution in [0.2, 0.25) is 0 Å². The van der Waals surface area contributed by atoms with Crippen molar-refractivity contribution in [3.05, 3.63) is 158 Å². The Morgan fingerprint density at radius 1 is 0.314 bits per heavy atom. The number of hydrogen-bond donors (Lipinski definition) is 0. The maximum absolute atomic E-state index is 6.25. The van der Waals surface area contributed by atoms with E-state index in [-0.39, 0.29) is 0 Å². The van der Waals surface area contributed by atoms with Crippen LogP contribution in [-0.4, -0.2) is 0 Å². The molecule has 9 aromatic carbocycles. The highest BCUT2D eigenvalue weighted by molar-refractivity contribution is 7.26. The molecule has 0 saturated heterocycles. The van der Waals surface area contributed by atoms with Gasteiger partial charge >= 0.3 is 0 Å². The highest BCUT2D eigenvalue weighted by atomic mass is 32.1. The first-order valence-electron chi connectivity index (χ1n) is 17.3. The molecule has 0 atom stereocenters. The van der Waals surface area contributed by atoms with Gasteiger partial charge < -0.3 is 4.42 Å². The second kappa shape index (κ2) is 10.3. The average Bonchev–Trinajstić information content (AvgIpc) is 3.86. The number of hydrogen-bond acceptors (Lipinski definition) is 3. The van der Waals surface area contributed by atoms with Crippen molar-refractivity contribution in [1.82, 2.24) is 0 Å². The largest absolute Gasteiger partial charge is 0.456 e. The van der Waals surface area contributed by atoms with Gasteiger partial charge in [0.2, 0.25) is 0 Å². The van der Waals surface area contributed by atoms with E-state index >= 15 is 0 Å². The topological polar surface area (TPSA) is 13.1 Å². The second-order valence-corrected chi connectivity index (χ2v) is 15.7. The number of fused-ring (bicyclic) bond motifs is 13. The predicted octanol–water partition coefficient (Wildman–Crippen LogP) is 15.1. The summed E-state index contributed by atoms with van der Waals surface area (Å²) in [6, 6.07) is 58.3. The van der Waals surface area contributed by atoms with E-state index in [1.807, 2.05) is 28.7 Å². The Kier molecular flexibility index (Phi) is 5.59. The lowest BCUT2D eigenvalue weighted by atomic mass is 9.85. The molecule has 12 aromatic rings. The van der Waals surface area contributed by atoms with Gasteiger partial charge in [0, 0.05) is 51.1 Å². The molecular weight excluding hydrogens is 657 g/mol. The molecule has 0 fully saturated rings. The van der Waals surface area contributed by atoms with Crippen LogP contribution < -0.4 is 0 Å². The zero-order valence-electron chi connectivity index (χ0n) is 27.2. The van der Waals surface area contributed by atoms with Gasteiger partial charge in [-0.1, -0.05) is 115 Å². The van der Waals surface area contributed by atoms with Crippen LogP contribution in [0.4, 0.5) is 0 Å². The SMILES string of the molecule is c1ccc2c(c1)oc1cc3ccc4sc5cc(-c6c7ccccc7c(-c7ccc8c(c7)sc7ccccc78)c7ccccc67)ccc5c4c3cc12. The lowest BCUT2D eigenvalue weighted by Gasteiger charge is -2.18. The summed E-state index contributed by atoms with van der Waals surface area (Å²) in [4.78, 5) is 0. The number of rotatable bonds is 2. The van der Waals surface area contributed by atoms with Crippen LogP contribution in [0, 0.1) is 0 Å². The maximum Gasteiger partial charge on any atom is 0.136 e. The molecule has 3 heteroatoms. The van der Waals surface area contributed by atoms with E-state index in [1.54, 1.807) is 0 Å². The van der Waals surface area contributed by atoms with E-state index in [0.717, 1.165) is 11.2 Å². The third-order valence-electron chi connectivity index (χ3n) is 10.8. The standard InChI is InChI=1S/C48H26OS2/c1-3-13-35-33(11-1)46(28-17-20-32-31-10-6-8-16-42(31)50-44(32)24-28)34-12-2-4-14-36(34)47(35)29-18-21-37-45(25-29)51-43-22-19-27-23-41-39(26-38(27)48(37)43)30-9-5-7-15-40(30)49-41/h1-26H. The third-order valence-corrected chi connectivity index (χ3v) is 13.1. The Bertz CT molecular complexity index is 3370. The zero-order valence-corrected chi connectivity index (χ0v) is 28.9. The molecule has 236 valence electrons. The predicted molar refractivity (Wildman–Crippen MR) is 223 cm³/mol. The first-order chi connectivity index (χ1) is 25.3. The summed E-state index contributed by atoms with van der Waals surface area (Å²) in [5.41, 5.74) is 6.99. The molecule has 0 aliphatic heterocycles. The minimum absolute atomic E-state index is 0.935. The smallest absolute Gasteiger partial charge is 0.136 e. The molecule has 0 N–H and O–H groups in total. The van der Waals surface area contributed by atoms with Gasteiger partial charge in [-0.05, 0) is 97.0 Å². The molecule has 0 bridgehead atoms. The van der Waals surface area contributed by atoms with Crippen LogP contribution in [0.5, 0.6) is 0 Å². The van der Waals surface area contributed by atoms with Gasteiger partial charge in [-0.25, -0.2) is 0 Å². The van der Waals surface area contributed by atoms with Crippen LogP contribution in [0.1, 0.15) is 0 Å². The van der Waals surface area contributed by atoms with Crippen molar-refractivity contribution >= 4 is 117 Å². The Morgan fingerprint density at radius 2 is 0.863 bits per heavy atom. The highest BCUT2D eigenvalue weighted by Gasteiger charge is 2.19. The zero-order chi connectivity index (χ0) is 33.2. The van der Waals surface area contributed by atoms with Crippen molar-refractivity contribution in [2.24, 2.45) is 0 Å². The summed E-state index contributed by atoms with van der Waals surface area (Å²) in [7, 11) is 0. The number of para-hydroxylation sites is 1. The molecular formula is C48H26OS2. The van der Waals surface area contributed by atoms with Crippen molar-refractivity contribution in [2.45, 2.75) is 0 Å². The maximum atomic E-state index is 6.25. The minimum atomic E-state index is 0.935. The molecule has 0 spiro atoms. The van der Waals surface area contributed by atoms with Crippen LogP contribution in [0.15, 0.2) is 162 Å². The van der Waals surface area contributed by atoms with Gasteiger partial charge in [0.15, 0.2) is 0 Å². The van der Waals surface area contributed by atoms with Crippen molar-refractivity contribution < 1.29 is 4.42 Å². The van der Waals surface area contributed by atoms with E-state index in [9.17, 15) is 0 Å². The monoisotopic (exact) mass is 682 g/mol. The van der Waals surface area contributed by atoms with Crippen LogP contribution in [0.25, 0.3) is 117 Å². The lowest BCUT2D eigenvalue weighted by Crippen LogP contribution is -1.90. The van der Waals surface area contributed by atoms with Crippen molar-refractivity contribution in [1.29, 1.82) is 0 Å². The average molecular weight is 683 g/mol. The fraction of sp³-hybridized carbons (Fsp3) is 0. The molecule has 51 heavy (non-hydrogen) atoms. The summed E-state index contributed by atoms with van der Waals surface area (Å²) >= 11 is 3.77. The normalized spacial score (nSPS) is 12.3. The fourth-order valence-electron chi connectivity index (χ4n) is 8.60. The van der Waals surface area contributed by atoms with Gasteiger partial charge in [-0.3, -0.25) is 0 Å². The molecule has 1 nitrogen and oxygen atoms in total. The minimum Gasteiger partial charge on any atom is -0.456 e. The number of thiophene rings is 2. The summed E-state index contributed by atoms with van der Waals surface area (Å²) in [5.74, 6) is 0. The Hall–Kier alpha value is -6.00.